The molecule has 0 aliphatic carbocycles. The van der Waals surface area contributed by atoms with Gasteiger partial charge in [0, 0.05) is 38.7 Å². The van der Waals surface area contributed by atoms with Gasteiger partial charge in [0.2, 0.25) is 20.8 Å². The predicted octanol–water partition coefficient (Wildman–Crippen LogP) is -41.5. The molecule has 6 rings (SSSR count). The summed E-state index contributed by atoms with van der Waals surface area (Å²) in [4.78, 5) is 32.6. The molecule has 666 valence electrons. The Balaban J connectivity index is -0.0000183. The van der Waals surface area contributed by atoms with Crippen LogP contribution in [0.1, 0.15) is 12.8 Å². The fraction of sp³-hybridized carbons (Fsp3) is 0.704. The maximum absolute atomic E-state index is 12.9. The summed E-state index contributed by atoms with van der Waals surface area (Å²) >= 11 is 0. The number of nitrogens with one attached hydrogen (secondary N) is 4. The van der Waals surface area contributed by atoms with E-state index in [-0.39, 0.29) is 259 Å². The Hall–Kier alpha value is 2.26. The van der Waals surface area contributed by atoms with Crippen molar-refractivity contribution in [3.63, 3.8) is 0 Å². The first-order chi connectivity index (χ1) is 53.6. The van der Waals surface area contributed by atoms with Crippen LogP contribution in [0.3, 0.4) is 0 Å². The van der Waals surface area contributed by atoms with Gasteiger partial charge in [-0.3, -0.25) is 27.5 Å². The first kappa shape index (κ1) is 130. The normalized spacial score (nSPS) is 29.1. The molecule has 0 aromatic heterocycles. The second-order valence-corrected chi connectivity index (χ2v) is 31.5. The van der Waals surface area contributed by atoms with Gasteiger partial charge < -0.3 is 168 Å². The number of methoxy groups -OCH3 is 2. The van der Waals surface area contributed by atoms with E-state index in [1.54, 1.807) is 0 Å². The van der Waals surface area contributed by atoms with Crippen LogP contribution in [0.15, 0.2) is 58.5 Å². The Morgan fingerprint density at radius 1 is 0.444 bits per heavy atom. The molecule has 0 radical (unpaired) electrons. The van der Waals surface area contributed by atoms with Gasteiger partial charge in [0.15, 0.2) is 58.0 Å². The average Bonchev–Trinajstić information content (AvgIpc) is 0.770. The SMILES string of the molecule is CO[C@H]1[C@H](O)[C@@H](NS(=O)(=O)[O-])[C@@H](O[C@H]2[C@H](O)[C@@H](OS(=O)(=O)O)[C@H](OC[C@@H](O)[C@@H](O)[C@H](O)[C@@H](O)CNc3cccc(N=C([O-])CCC([O-])=Nc4cccc(NC[C@H](O)[C@@H](O)[C@H](O)[C@H](O)CO[C@@H]5O[C@@H](C(=O)[O-])[C@@H](O[C@H]6O[C@H](COS(=O)(=O)[O-])[C@@H](OC)[C@H](O)[C@H]6NS(=O)(=O)[O-])[C@H](O)[C@H]5OS(=O)(=O)O)c4)c3)O[C@H]2C(=O)[O-])O[C@@H]1COS(=O)(=O)[O-].[Na+].[Na+].[Na+].[Na+].[Na+].[Na+].[Na+].[Na+]. The van der Waals surface area contributed by atoms with E-state index in [4.69, 9.17) is 47.4 Å². The molecule has 0 spiro atoms. The molecule has 4 saturated heterocycles. The minimum absolute atomic E-state index is 0. The molecule has 4 fully saturated rings. The number of aliphatic hydroxyl groups excluding tert-OH is 12. The summed E-state index contributed by atoms with van der Waals surface area (Å²) < 4.78 is 276. The minimum atomic E-state index is -5.79. The molecule has 18 N–H and O–H groups in total. The molecule has 4 aliphatic heterocycles. The summed E-state index contributed by atoms with van der Waals surface area (Å²) in [5.74, 6) is -6.57. The Morgan fingerprint density at radius 3 is 1.02 bits per heavy atom. The van der Waals surface area contributed by atoms with Crippen molar-refractivity contribution in [1.29, 1.82) is 0 Å². The standard InChI is InChI=1S/C54H84N6O50S6.8Na/c1-97-41-27(17-101-113(85,86)87)103-51(31(37(41)71)59-111(79,80)81)105-43-39(73)45(109-115(91,92)93)53(107-47(43)49(75)76)99-15-25(63)35(69)33(67)23(61)13-55-19-5-3-7-21(11-19)57-29(65)9-10-30(66)58-22-8-4-6-20(12-22)56-14-24(62)34(68)36(70)26(64)16-100-54-46(110-116(94,95)96)40(74)44(48(108-54)50(77)78)106-52-32(60-112(82,83)84)38(72)42(98-2)28(104-52)18-102-114(88,89)90;;;;;;;;/h3-8,11-12,23-28,31-48,51-56,59-64,67-74H,9-10,13-18H2,1-2H3,(H,57,65)(H,58,66)(H,75,76)(H,77,78)(H,79,80,81)(H,82,83,84)(H,85,86,87)(H,88,89,90)(H,91,92,93)(H,94,95,96);;;;;;;;/q;8*+1/p-8/t23-,24-,25+,26+,27+,28+,31+,32+,33+,34+,35+,36+,37+,38+,39-,40-,41+,42+,43-,44-,45+,46+,47+,48+,51+,52+,53+,54+;;;;;;;;/m0......../s1. The molecule has 2 aromatic carbocycles. The van der Waals surface area contributed by atoms with Gasteiger partial charge in [-0.05, 0) is 61.0 Å². The third-order valence-corrected chi connectivity index (χ3v) is 19.6. The second kappa shape index (κ2) is 58.2. The van der Waals surface area contributed by atoms with Crippen molar-refractivity contribution >= 4 is 109 Å². The Labute approximate surface area is 883 Å². The molecule has 2 aromatic rings. The van der Waals surface area contributed by atoms with Crippen molar-refractivity contribution in [2.45, 2.75) is 184 Å². The molecule has 28 atom stereocenters. The van der Waals surface area contributed by atoms with E-state index in [1.165, 1.54) is 58.0 Å². The summed E-state index contributed by atoms with van der Waals surface area (Å²) in [7, 11) is -32.4. The zero-order chi connectivity index (χ0) is 87.2. The number of aliphatic imine (C=N–C) groups is 2. The third-order valence-electron chi connectivity index (χ3n) is 16.7. The van der Waals surface area contributed by atoms with Gasteiger partial charge >= 0.3 is 257 Å². The second-order valence-electron chi connectivity index (χ2n) is 25.0. The van der Waals surface area contributed by atoms with Gasteiger partial charge in [-0.15, -0.1) is 0 Å². The zero-order valence-corrected chi connectivity index (χ0v) is 87.6. The van der Waals surface area contributed by atoms with Crippen LogP contribution in [-0.2, 0) is 136 Å². The summed E-state index contributed by atoms with van der Waals surface area (Å²) in [6, 6.07) is 5.65. The van der Waals surface area contributed by atoms with E-state index >= 15 is 0 Å². The molecule has 124 heavy (non-hydrogen) atoms. The van der Waals surface area contributed by atoms with Crippen molar-refractivity contribution in [2.75, 3.05) is 64.4 Å². The van der Waals surface area contributed by atoms with E-state index in [0.29, 0.717) is 0 Å². The molecule has 4 aliphatic rings. The number of carbonyl (C=O) groups excluding carboxylic acids is 2. The Kier molecular flexibility index (Phi) is 61.2. The molecule has 56 nitrogen and oxygen atoms in total. The van der Waals surface area contributed by atoms with Gasteiger partial charge in [-0.1, -0.05) is 12.1 Å². The Bertz CT molecular complexity index is 4120. The van der Waals surface area contributed by atoms with E-state index in [2.05, 4.69) is 37.4 Å². The number of nitrogens with zero attached hydrogens (tertiary/aromatic N) is 2. The van der Waals surface area contributed by atoms with Crippen LogP contribution in [0.25, 0.3) is 0 Å². The van der Waals surface area contributed by atoms with E-state index < -0.39 is 310 Å². The fourth-order valence-electron chi connectivity index (χ4n) is 11.4. The number of anilines is 2. The van der Waals surface area contributed by atoms with Crippen LogP contribution in [0.4, 0.5) is 22.7 Å². The number of aliphatic carboxylic acids is 2. The zero-order valence-electron chi connectivity index (χ0n) is 66.7. The van der Waals surface area contributed by atoms with Crippen molar-refractivity contribution in [3.8, 4) is 0 Å². The van der Waals surface area contributed by atoms with Crippen molar-refractivity contribution in [3.05, 3.63) is 48.5 Å². The van der Waals surface area contributed by atoms with E-state index in [1.807, 2.05) is 0 Å². The maximum Gasteiger partial charge on any atom is 1.00 e. The van der Waals surface area contributed by atoms with Crippen molar-refractivity contribution in [2.24, 2.45) is 9.98 Å². The average molecular weight is 1990 g/mol. The summed E-state index contributed by atoms with van der Waals surface area (Å²) in [5, 5.41) is 187. The Morgan fingerprint density at radius 2 is 0.750 bits per heavy atom. The van der Waals surface area contributed by atoms with Gasteiger partial charge in [0.1, 0.15) is 122 Å². The fourth-order valence-corrected chi connectivity index (χ4v) is 14.1. The minimum Gasteiger partial charge on any atom is -0.862 e. The number of carboxylic acids is 2. The number of benzene rings is 2. The first-order valence-electron chi connectivity index (χ1n) is 32.5. The molecular weight excluding hydrogens is 1910 g/mol. The van der Waals surface area contributed by atoms with Crippen molar-refractivity contribution in [1.82, 2.24) is 9.44 Å². The van der Waals surface area contributed by atoms with Crippen molar-refractivity contribution < 1.29 is 470 Å². The molecule has 0 bridgehead atoms. The number of hydrogen-bond donors (Lipinski definition) is 18. The molecular formula is C54H76N6Na8O50S6. The van der Waals surface area contributed by atoms with Crippen LogP contribution < -0.4 is 277 Å². The van der Waals surface area contributed by atoms with Crippen LogP contribution in [0.2, 0.25) is 0 Å². The number of aliphatic hydroxyl groups is 12. The number of carbonyl (C=O) groups is 2. The topological polar surface area (TPSA) is 909 Å². The first-order valence-corrected chi connectivity index (χ1v) is 40.7. The van der Waals surface area contributed by atoms with Gasteiger partial charge in [-0.25, -0.2) is 51.5 Å². The summed E-state index contributed by atoms with van der Waals surface area (Å²) in [6.45, 7) is -6.80. The quantitative estimate of drug-likeness (QED) is 0.00962. The predicted molar refractivity (Wildman–Crippen MR) is 351 cm³/mol. The molecule has 70 heteroatoms. The van der Waals surface area contributed by atoms with Gasteiger partial charge in [-0.2, -0.15) is 16.8 Å². The van der Waals surface area contributed by atoms with Crippen LogP contribution in [0.5, 0.6) is 0 Å². The van der Waals surface area contributed by atoms with Gasteiger partial charge in [0.05, 0.1) is 61.9 Å². The summed E-state index contributed by atoms with van der Waals surface area (Å²) in [6.07, 6.45) is -64.6. The molecule has 0 unspecified atom stereocenters. The largest absolute Gasteiger partial charge is 1.00 e. The van der Waals surface area contributed by atoms with E-state index in [9.17, 15) is 169 Å². The third kappa shape index (κ3) is 42.3. The van der Waals surface area contributed by atoms with Gasteiger partial charge in [0.25, 0.3) is 0 Å². The van der Waals surface area contributed by atoms with Crippen LogP contribution in [-0.4, -0.2) is 388 Å². The van der Waals surface area contributed by atoms with E-state index in [0.717, 1.165) is 14.2 Å². The maximum atomic E-state index is 12.9. The molecule has 0 saturated carbocycles. The number of ether oxygens (including phenoxy) is 10. The summed E-state index contributed by atoms with van der Waals surface area (Å²) in [5.41, 5.74) is 0.0484. The number of carboxylic acid groups (broad SMARTS) is 2. The number of rotatable bonds is 45. The number of hydrogen-bond acceptors (Lipinski definition) is 52. The van der Waals surface area contributed by atoms with Crippen LogP contribution >= 0.6 is 0 Å². The van der Waals surface area contributed by atoms with Crippen LogP contribution in [0, 0.1) is 0 Å². The smallest absolute Gasteiger partial charge is 0.862 e. The molecule has 0 amide bonds. The monoisotopic (exact) mass is 1980 g/mol. The molecule has 4 heterocycles.